The number of phenols is 1. The van der Waals surface area contributed by atoms with Crippen LogP contribution in [0.2, 0.25) is 0 Å². The molecule has 0 aliphatic heterocycles. The largest absolute Gasteiger partial charge is 0.508 e. The van der Waals surface area contributed by atoms with Gasteiger partial charge in [-0.05, 0) is 78.0 Å². The lowest BCUT2D eigenvalue weighted by Crippen LogP contribution is -2.57. The van der Waals surface area contributed by atoms with Crippen LogP contribution in [-0.2, 0) is 14.3 Å². The van der Waals surface area contributed by atoms with Crippen molar-refractivity contribution in [3.8, 4) is 5.75 Å². The minimum atomic E-state index is -1.32. The van der Waals surface area contributed by atoms with E-state index in [9.17, 15) is 24.6 Å². The second kappa shape index (κ2) is 13.3. The zero-order valence-electron chi connectivity index (χ0n) is 22.3. The smallest absolute Gasteiger partial charge is 0.408 e. The Kier molecular flexibility index (Phi) is 11.5. The molecule has 0 saturated heterocycles. The maximum atomic E-state index is 13.8. The lowest BCUT2D eigenvalue weighted by atomic mass is 9.97. The molecule has 0 aliphatic carbocycles. The van der Waals surface area contributed by atoms with Crippen molar-refractivity contribution in [3.05, 3.63) is 29.8 Å². The van der Waals surface area contributed by atoms with Gasteiger partial charge in [-0.25, -0.2) is 4.79 Å². The second-order valence-corrected chi connectivity index (χ2v) is 10.6. The van der Waals surface area contributed by atoms with Crippen molar-refractivity contribution in [3.63, 3.8) is 0 Å². The number of hydrogen-bond acceptors (Lipinski definition) is 6. The Bertz CT molecular complexity index is 850. The summed E-state index contributed by atoms with van der Waals surface area (Å²) in [6, 6.07) is 3.17. The van der Waals surface area contributed by atoms with Crippen LogP contribution in [0.3, 0.4) is 0 Å². The average Bonchev–Trinajstić information content (AvgIpc) is 2.71. The van der Waals surface area contributed by atoms with E-state index < -0.39 is 48.2 Å². The van der Waals surface area contributed by atoms with Gasteiger partial charge in [0.1, 0.15) is 23.4 Å². The summed E-state index contributed by atoms with van der Waals surface area (Å²) in [4.78, 5) is 41.0. The molecule has 0 aromatic heterocycles. The van der Waals surface area contributed by atoms with Gasteiger partial charge in [0.05, 0.1) is 6.61 Å². The number of aliphatic hydroxyl groups excluding tert-OH is 1. The molecule has 3 unspecified atom stereocenters. The Labute approximate surface area is 209 Å². The van der Waals surface area contributed by atoms with E-state index in [1.165, 1.54) is 17.0 Å². The Balaban J connectivity index is 3.50. The summed E-state index contributed by atoms with van der Waals surface area (Å²) in [7, 11) is 0. The van der Waals surface area contributed by atoms with Gasteiger partial charge in [0.25, 0.3) is 0 Å². The Hall–Kier alpha value is -2.81. The van der Waals surface area contributed by atoms with E-state index in [1.54, 1.807) is 32.9 Å². The van der Waals surface area contributed by atoms with Gasteiger partial charge in [-0.15, -0.1) is 0 Å². The molecular formula is C26H43N3O6. The molecule has 1 aromatic rings. The molecule has 35 heavy (non-hydrogen) atoms. The SMILES string of the molecule is CC(C)CCC(C)N(C(=O)C(CO)NC(=O)OC(C)(C)C)C(C(=O)NC(C)C)c1cccc(O)c1. The highest BCUT2D eigenvalue weighted by Crippen LogP contribution is 2.29. The topological polar surface area (TPSA) is 128 Å². The summed E-state index contributed by atoms with van der Waals surface area (Å²) in [6.07, 6.45) is 0.547. The minimum Gasteiger partial charge on any atom is -0.508 e. The number of rotatable bonds is 11. The molecule has 4 N–H and O–H groups in total. The number of carbonyl (C=O) groups excluding carboxylic acids is 3. The van der Waals surface area contributed by atoms with Gasteiger partial charge in [0, 0.05) is 12.1 Å². The first-order valence-electron chi connectivity index (χ1n) is 12.2. The second-order valence-electron chi connectivity index (χ2n) is 10.6. The van der Waals surface area contributed by atoms with E-state index >= 15 is 0 Å². The number of amides is 3. The molecule has 0 heterocycles. The Morgan fingerprint density at radius 3 is 2.14 bits per heavy atom. The van der Waals surface area contributed by atoms with E-state index in [0.29, 0.717) is 17.9 Å². The van der Waals surface area contributed by atoms with Crippen molar-refractivity contribution in [2.45, 2.75) is 98.0 Å². The van der Waals surface area contributed by atoms with E-state index in [4.69, 9.17) is 4.74 Å². The van der Waals surface area contributed by atoms with Crippen LogP contribution in [0.1, 0.15) is 79.8 Å². The quantitative estimate of drug-likeness (QED) is 0.374. The number of nitrogens with one attached hydrogen (secondary N) is 2. The molecule has 0 saturated carbocycles. The summed E-state index contributed by atoms with van der Waals surface area (Å²) in [6.45, 7) is 14.0. The number of hydrogen-bond donors (Lipinski definition) is 4. The average molecular weight is 494 g/mol. The van der Waals surface area contributed by atoms with Gasteiger partial charge < -0.3 is 30.5 Å². The van der Waals surface area contributed by atoms with Crippen LogP contribution in [0.5, 0.6) is 5.75 Å². The van der Waals surface area contributed by atoms with E-state index in [-0.39, 0.29) is 11.8 Å². The number of nitrogens with zero attached hydrogens (tertiary/aromatic N) is 1. The highest BCUT2D eigenvalue weighted by atomic mass is 16.6. The molecule has 3 amide bonds. The van der Waals surface area contributed by atoms with Crippen LogP contribution in [0, 0.1) is 5.92 Å². The maximum Gasteiger partial charge on any atom is 0.408 e. The minimum absolute atomic E-state index is 0.0438. The number of ether oxygens (including phenoxy) is 1. The predicted molar refractivity (Wildman–Crippen MR) is 135 cm³/mol. The summed E-state index contributed by atoms with van der Waals surface area (Å²) in [5, 5.41) is 25.4. The zero-order valence-corrected chi connectivity index (χ0v) is 22.3. The molecule has 198 valence electrons. The fourth-order valence-electron chi connectivity index (χ4n) is 3.62. The molecule has 3 atom stereocenters. The van der Waals surface area contributed by atoms with E-state index in [2.05, 4.69) is 24.5 Å². The fourth-order valence-corrected chi connectivity index (χ4v) is 3.62. The third kappa shape index (κ3) is 10.1. The lowest BCUT2D eigenvalue weighted by molar-refractivity contribution is -0.146. The van der Waals surface area contributed by atoms with Gasteiger partial charge in [-0.3, -0.25) is 9.59 Å². The van der Waals surface area contributed by atoms with Gasteiger partial charge in [-0.2, -0.15) is 0 Å². The number of phenolic OH excluding ortho intramolecular Hbond substituents is 1. The maximum absolute atomic E-state index is 13.8. The highest BCUT2D eigenvalue weighted by molar-refractivity contribution is 5.92. The van der Waals surface area contributed by atoms with Crippen LogP contribution in [0.15, 0.2) is 24.3 Å². The van der Waals surface area contributed by atoms with Crippen molar-refractivity contribution >= 4 is 17.9 Å². The molecule has 1 rings (SSSR count). The van der Waals surface area contributed by atoms with Crippen LogP contribution in [0.4, 0.5) is 4.79 Å². The highest BCUT2D eigenvalue weighted by Gasteiger charge is 2.39. The Morgan fingerprint density at radius 1 is 1.03 bits per heavy atom. The van der Waals surface area contributed by atoms with Crippen LogP contribution >= 0.6 is 0 Å². The van der Waals surface area contributed by atoms with Crippen molar-refractivity contribution in [1.82, 2.24) is 15.5 Å². The third-order valence-electron chi connectivity index (χ3n) is 5.21. The van der Waals surface area contributed by atoms with E-state index in [0.717, 1.165) is 6.42 Å². The number of benzene rings is 1. The molecule has 0 fully saturated rings. The molecule has 0 aliphatic rings. The summed E-state index contributed by atoms with van der Waals surface area (Å²) >= 11 is 0. The van der Waals surface area contributed by atoms with Crippen LogP contribution in [0.25, 0.3) is 0 Å². The van der Waals surface area contributed by atoms with E-state index in [1.807, 2.05) is 20.8 Å². The number of aromatic hydroxyl groups is 1. The molecule has 0 spiro atoms. The number of aliphatic hydroxyl groups is 1. The fraction of sp³-hybridized carbons (Fsp3) is 0.654. The molecule has 1 aromatic carbocycles. The van der Waals surface area contributed by atoms with Gasteiger partial charge in [0.15, 0.2) is 0 Å². The number of carbonyl (C=O) groups is 3. The van der Waals surface area contributed by atoms with Crippen molar-refractivity contribution in [2.24, 2.45) is 5.92 Å². The van der Waals surface area contributed by atoms with Crippen LogP contribution < -0.4 is 10.6 Å². The first-order chi connectivity index (χ1) is 16.2. The molecule has 0 radical (unpaired) electrons. The van der Waals surface area contributed by atoms with Crippen molar-refractivity contribution in [1.29, 1.82) is 0 Å². The number of alkyl carbamates (subject to hydrolysis) is 1. The first kappa shape index (κ1) is 30.2. The molecule has 9 heteroatoms. The van der Waals surface area contributed by atoms with Gasteiger partial charge in [-0.1, -0.05) is 26.0 Å². The first-order valence-corrected chi connectivity index (χ1v) is 12.2. The zero-order chi connectivity index (χ0) is 26.9. The molecule has 9 nitrogen and oxygen atoms in total. The summed E-state index contributed by atoms with van der Waals surface area (Å²) in [5.74, 6) is -0.726. The van der Waals surface area contributed by atoms with Crippen molar-refractivity contribution < 1.29 is 29.3 Å². The van der Waals surface area contributed by atoms with Crippen molar-refractivity contribution in [2.75, 3.05) is 6.61 Å². The predicted octanol–water partition coefficient (Wildman–Crippen LogP) is 3.50. The Morgan fingerprint density at radius 2 is 1.66 bits per heavy atom. The monoisotopic (exact) mass is 493 g/mol. The summed E-state index contributed by atoms with van der Waals surface area (Å²) < 4.78 is 5.26. The van der Waals surface area contributed by atoms with Gasteiger partial charge >= 0.3 is 6.09 Å². The van der Waals surface area contributed by atoms with Gasteiger partial charge in [0.2, 0.25) is 11.8 Å². The summed E-state index contributed by atoms with van der Waals surface area (Å²) in [5.41, 5.74) is -0.375. The third-order valence-corrected chi connectivity index (χ3v) is 5.21. The van der Waals surface area contributed by atoms with Crippen LogP contribution in [-0.4, -0.2) is 63.4 Å². The molecule has 0 bridgehead atoms. The molecular weight excluding hydrogens is 450 g/mol. The lowest BCUT2D eigenvalue weighted by Gasteiger charge is -2.38. The normalized spacial score (nSPS) is 14.3. The standard InChI is InChI=1S/C26H43N3O6/c1-16(2)12-13-18(5)29(24(33)21(15-30)28-25(34)35-26(6,7)8)22(23(32)27-17(3)4)19-10-9-11-20(31)14-19/h9-11,14,16-18,21-22,30-31H,12-13,15H2,1-8H3,(H,27,32)(H,28,34).